The fourth-order valence-corrected chi connectivity index (χ4v) is 3.73. The van der Waals surface area contributed by atoms with E-state index in [4.69, 9.17) is 16.3 Å². The first kappa shape index (κ1) is 16.5. The highest BCUT2D eigenvalue weighted by atomic mass is 35.5. The molecule has 7 heteroatoms. The molecule has 0 aliphatic heterocycles. The molecule has 2 rings (SSSR count). The van der Waals surface area contributed by atoms with Crippen LogP contribution in [0, 0.1) is 5.92 Å². The number of rotatable bonds is 8. The lowest BCUT2D eigenvalue weighted by Gasteiger charge is -2.15. The molecular weight excluding hydrogens is 312 g/mol. The van der Waals surface area contributed by atoms with E-state index in [1.807, 2.05) is 6.92 Å². The Hall–Kier alpha value is -0.820. The van der Waals surface area contributed by atoms with Gasteiger partial charge in [0.15, 0.2) is 0 Å². The van der Waals surface area contributed by atoms with E-state index in [0.717, 1.165) is 24.9 Å². The van der Waals surface area contributed by atoms with Crippen LogP contribution in [0.2, 0.25) is 5.02 Å². The van der Waals surface area contributed by atoms with Crippen LogP contribution >= 0.6 is 11.6 Å². The van der Waals surface area contributed by atoms with Gasteiger partial charge < -0.3 is 10.1 Å². The van der Waals surface area contributed by atoms with Gasteiger partial charge in [0.05, 0.1) is 7.11 Å². The first-order valence-corrected chi connectivity index (χ1v) is 8.90. The Bertz CT molecular complexity index is 600. The van der Waals surface area contributed by atoms with Crippen molar-refractivity contribution in [2.75, 3.05) is 20.2 Å². The summed E-state index contributed by atoms with van der Waals surface area (Å²) in [5.41, 5.74) is 0.735. The smallest absolute Gasteiger partial charge is 0.244 e. The topological polar surface area (TPSA) is 67.4 Å². The van der Waals surface area contributed by atoms with Crippen LogP contribution in [0.3, 0.4) is 0 Å². The minimum atomic E-state index is -3.62. The molecule has 0 atom stereocenters. The zero-order valence-electron chi connectivity index (χ0n) is 12.3. The summed E-state index contributed by atoms with van der Waals surface area (Å²) in [5.74, 6) is 0.815. The van der Waals surface area contributed by atoms with Crippen LogP contribution in [-0.2, 0) is 16.6 Å². The van der Waals surface area contributed by atoms with Gasteiger partial charge in [0, 0.05) is 23.7 Å². The predicted molar refractivity (Wildman–Crippen MR) is 83.3 cm³/mol. The zero-order chi connectivity index (χ0) is 15.5. The van der Waals surface area contributed by atoms with Crippen LogP contribution in [-0.4, -0.2) is 28.6 Å². The van der Waals surface area contributed by atoms with Crippen molar-refractivity contribution < 1.29 is 13.2 Å². The third-order valence-electron chi connectivity index (χ3n) is 3.41. The molecule has 1 fully saturated rings. The number of hydrogen-bond donors (Lipinski definition) is 2. The van der Waals surface area contributed by atoms with Gasteiger partial charge >= 0.3 is 0 Å². The van der Waals surface area contributed by atoms with Crippen LogP contribution in [0.1, 0.15) is 25.3 Å². The summed E-state index contributed by atoms with van der Waals surface area (Å²) in [6.45, 7) is 3.73. The summed E-state index contributed by atoms with van der Waals surface area (Å²) in [4.78, 5) is 0.103. The largest absolute Gasteiger partial charge is 0.495 e. The van der Waals surface area contributed by atoms with E-state index in [1.165, 1.54) is 13.2 Å². The van der Waals surface area contributed by atoms with Gasteiger partial charge in [-0.1, -0.05) is 18.5 Å². The minimum Gasteiger partial charge on any atom is -0.495 e. The van der Waals surface area contributed by atoms with Gasteiger partial charge in [-0.05, 0) is 37.4 Å². The molecule has 1 aliphatic carbocycles. The van der Waals surface area contributed by atoms with Crippen molar-refractivity contribution in [1.29, 1.82) is 0 Å². The Kier molecular flexibility index (Phi) is 5.48. The molecule has 0 aromatic heterocycles. The summed E-state index contributed by atoms with van der Waals surface area (Å²) in [7, 11) is -2.14. The van der Waals surface area contributed by atoms with Gasteiger partial charge in [-0.3, -0.25) is 0 Å². The molecule has 0 bridgehead atoms. The maximum absolute atomic E-state index is 12.5. The Labute approximate surface area is 131 Å². The van der Waals surface area contributed by atoms with E-state index in [0.29, 0.717) is 29.8 Å². The second kappa shape index (κ2) is 6.96. The van der Waals surface area contributed by atoms with Crippen LogP contribution in [0.4, 0.5) is 0 Å². The zero-order valence-corrected chi connectivity index (χ0v) is 13.9. The van der Waals surface area contributed by atoms with Crippen molar-refractivity contribution in [2.24, 2.45) is 5.92 Å². The number of nitrogens with one attached hydrogen (secondary N) is 2. The molecule has 1 aliphatic rings. The molecule has 0 spiro atoms. The first-order valence-electron chi connectivity index (χ1n) is 7.04. The average molecular weight is 333 g/mol. The molecular formula is C14H21ClN2O3S. The molecule has 0 radical (unpaired) electrons. The minimum absolute atomic E-state index is 0.103. The molecule has 118 valence electrons. The molecule has 2 N–H and O–H groups in total. The summed E-state index contributed by atoms with van der Waals surface area (Å²) in [6.07, 6.45) is 2.17. The first-order chi connectivity index (χ1) is 9.97. The lowest BCUT2D eigenvalue weighted by molar-refractivity contribution is 0.395. The van der Waals surface area contributed by atoms with Gasteiger partial charge in [-0.15, -0.1) is 0 Å². The predicted octanol–water partition coefficient (Wildman–Crippen LogP) is 2.15. The van der Waals surface area contributed by atoms with E-state index in [1.54, 1.807) is 6.07 Å². The van der Waals surface area contributed by atoms with Crippen LogP contribution in [0.15, 0.2) is 17.0 Å². The average Bonchev–Trinajstić information content (AvgIpc) is 3.26. The molecule has 5 nitrogen and oxygen atoms in total. The lowest BCUT2D eigenvalue weighted by Crippen LogP contribution is -2.26. The van der Waals surface area contributed by atoms with Crippen LogP contribution in [0.25, 0.3) is 0 Å². The Morgan fingerprint density at radius 2 is 2.10 bits per heavy atom. The summed E-state index contributed by atoms with van der Waals surface area (Å²) >= 11 is 6.06. The molecule has 0 amide bonds. The van der Waals surface area contributed by atoms with Gasteiger partial charge in [0.1, 0.15) is 10.6 Å². The van der Waals surface area contributed by atoms with Crippen molar-refractivity contribution >= 4 is 21.6 Å². The normalized spacial score (nSPS) is 15.2. The summed E-state index contributed by atoms with van der Waals surface area (Å²) in [5, 5.41) is 3.54. The van der Waals surface area contributed by atoms with Crippen molar-refractivity contribution in [2.45, 2.75) is 31.2 Å². The van der Waals surface area contributed by atoms with Crippen molar-refractivity contribution in [3.63, 3.8) is 0 Å². The van der Waals surface area contributed by atoms with Crippen molar-refractivity contribution in [1.82, 2.24) is 10.0 Å². The van der Waals surface area contributed by atoms with Gasteiger partial charge in [-0.25, -0.2) is 13.1 Å². The highest BCUT2D eigenvalue weighted by molar-refractivity contribution is 7.89. The molecule has 1 saturated carbocycles. The van der Waals surface area contributed by atoms with E-state index in [-0.39, 0.29) is 4.90 Å². The van der Waals surface area contributed by atoms with Gasteiger partial charge in [-0.2, -0.15) is 0 Å². The fourth-order valence-electron chi connectivity index (χ4n) is 2.07. The van der Waals surface area contributed by atoms with Crippen molar-refractivity contribution in [3.8, 4) is 5.75 Å². The van der Waals surface area contributed by atoms with E-state index in [9.17, 15) is 8.42 Å². The third-order valence-corrected chi connectivity index (χ3v) is 5.06. The molecule has 1 aromatic rings. The standard InChI is InChI=1S/C14H21ClN2O3S/c1-3-16-9-11-6-12(15)7-13(14(11)20-2)21(18,19)17-8-10-4-5-10/h6-7,10,16-17H,3-5,8-9H2,1-2H3. The molecule has 0 saturated heterocycles. The van der Waals surface area contributed by atoms with E-state index in [2.05, 4.69) is 10.0 Å². The maximum Gasteiger partial charge on any atom is 0.244 e. The summed E-state index contributed by atoms with van der Waals surface area (Å²) < 4.78 is 32.9. The number of benzene rings is 1. The number of hydrogen-bond acceptors (Lipinski definition) is 4. The second-order valence-electron chi connectivity index (χ2n) is 5.17. The molecule has 0 unspecified atom stereocenters. The highest BCUT2D eigenvalue weighted by Crippen LogP contribution is 2.33. The number of sulfonamides is 1. The Morgan fingerprint density at radius 3 is 2.67 bits per heavy atom. The monoisotopic (exact) mass is 332 g/mol. The molecule has 1 aromatic carbocycles. The lowest BCUT2D eigenvalue weighted by atomic mass is 10.2. The van der Waals surface area contributed by atoms with Gasteiger partial charge in [0.2, 0.25) is 10.0 Å². The van der Waals surface area contributed by atoms with E-state index >= 15 is 0 Å². The number of methoxy groups -OCH3 is 1. The summed E-state index contributed by atoms with van der Waals surface area (Å²) in [6, 6.07) is 3.16. The van der Waals surface area contributed by atoms with Crippen LogP contribution in [0.5, 0.6) is 5.75 Å². The Morgan fingerprint density at radius 1 is 1.38 bits per heavy atom. The van der Waals surface area contributed by atoms with Crippen molar-refractivity contribution in [3.05, 3.63) is 22.7 Å². The Balaban J connectivity index is 2.33. The number of halogens is 1. The fraction of sp³-hybridized carbons (Fsp3) is 0.571. The maximum atomic E-state index is 12.5. The highest BCUT2D eigenvalue weighted by Gasteiger charge is 2.27. The molecule has 0 heterocycles. The molecule has 21 heavy (non-hydrogen) atoms. The van der Waals surface area contributed by atoms with E-state index < -0.39 is 10.0 Å². The second-order valence-corrected chi connectivity index (χ2v) is 7.34. The van der Waals surface area contributed by atoms with Gasteiger partial charge in [0.25, 0.3) is 0 Å². The third kappa shape index (κ3) is 4.32. The SMILES string of the molecule is CCNCc1cc(Cl)cc(S(=O)(=O)NCC2CC2)c1OC. The van der Waals surface area contributed by atoms with Crippen LogP contribution < -0.4 is 14.8 Å². The quantitative estimate of drug-likeness (QED) is 0.765. The number of ether oxygens (including phenoxy) is 1.